The number of anilines is 1. The molecule has 0 aromatic heterocycles. The van der Waals surface area contributed by atoms with Crippen LogP contribution in [0.4, 0.5) is 11.4 Å². The van der Waals surface area contributed by atoms with E-state index < -0.39 is 4.92 Å². The van der Waals surface area contributed by atoms with E-state index in [1.807, 2.05) is 0 Å². The van der Waals surface area contributed by atoms with Gasteiger partial charge in [-0.05, 0) is 12.1 Å². The summed E-state index contributed by atoms with van der Waals surface area (Å²) >= 11 is 5.44. The van der Waals surface area contributed by atoms with Gasteiger partial charge in [-0.25, -0.2) is 0 Å². The molecule has 5 heteroatoms. The fourth-order valence-corrected chi connectivity index (χ4v) is 1.09. The first kappa shape index (κ1) is 11.3. The monoisotopic (exact) mass is 224 g/mol. The molecule has 0 spiro atoms. The highest BCUT2D eigenvalue weighted by Gasteiger charge is 2.10. The lowest BCUT2D eigenvalue weighted by atomic mass is 10.2. The number of halogens is 1. The van der Waals surface area contributed by atoms with Crippen LogP contribution in [-0.4, -0.2) is 10.8 Å². The molecule has 15 heavy (non-hydrogen) atoms. The fourth-order valence-electron chi connectivity index (χ4n) is 0.991. The molecule has 0 aliphatic rings. The Bertz CT molecular complexity index is 435. The van der Waals surface area contributed by atoms with Gasteiger partial charge in [0.25, 0.3) is 5.69 Å². The minimum atomic E-state index is -0.526. The number of hydrogen-bond acceptors (Lipinski definition) is 3. The fraction of sp³-hybridized carbons (Fsp3) is 0.200. The van der Waals surface area contributed by atoms with Gasteiger partial charge in [-0.3, -0.25) is 10.1 Å². The second kappa shape index (κ2) is 5.23. The summed E-state index contributed by atoms with van der Waals surface area (Å²) in [5.41, 5.74) is 6.03. The highest BCUT2D eigenvalue weighted by atomic mass is 35.5. The molecule has 4 nitrogen and oxygen atoms in total. The Kier molecular flexibility index (Phi) is 3.95. The van der Waals surface area contributed by atoms with Gasteiger partial charge in [0.1, 0.15) is 5.69 Å². The van der Waals surface area contributed by atoms with Crippen LogP contribution in [0.5, 0.6) is 0 Å². The Morgan fingerprint density at radius 1 is 1.53 bits per heavy atom. The molecule has 0 saturated heterocycles. The van der Waals surface area contributed by atoms with Gasteiger partial charge < -0.3 is 5.73 Å². The quantitative estimate of drug-likeness (QED) is 0.275. The zero-order chi connectivity index (χ0) is 11.3. The third-order valence-corrected chi connectivity index (χ3v) is 1.87. The van der Waals surface area contributed by atoms with Gasteiger partial charge in [-0.1, -0.05) is 11.8 Å². The van der Waals surface area contributed by atoms with Gasteiger partial charge in [-0.2, -0.15) is 0 Å². The van der Waals surface area contributed by atoms with Crippen molar-refractivity contribution in [3.8, 4) is 11.8 Å². The average molecular weight is 225 g/mol. The first-order chi connectivity index (χ1) is 7.15. The van der Waals surface area contributed by atoms with E-state index in [9.17, 15) is 10.1 Å². The summed E-state index contributed by atoms with van der Waals surface area (Å²) in [4.78, 5) is 10.0. The molecule has 1 rings (SSSR count). The number of nitro benzene ring substituents is 1. The van der Waals surface area contributed by atoms with Crippen LogP contribution < -0.4 is 5.73 Å². The van der Waals surface area contributed by atoms with E-state index in [1.54, 1.807) is 6.07 Å². The van der Waals surface area contributed by atoms with E-state index in [-0.39, 0.29) is 11.4 Å². The number of alkyl halides is 1. The lowest BCUT2D eigenvalue weighted by Gasteiger charge is -1.96. The van der Waals surface area contributed by atoms with Gasteiger partial charge in [0.15, 0.2) is 0 Å². The van der Waals surface area contributed by atoms with E-state index >= 15 is 0 Å². The van der Waals surface area contributed by atoms with Gasteiger partial charge in [-0.15, -0.1) is 11.6 Å². The third kappa shape index (κ3) is 3.15. The maximum absolute atomic E-state index is 10.6. The second-order valence-electron chi connectivity index (χ2n) is 2.77. The average Bonchev–Trinajstić information content (AvgIpc) is 2.20. The number of nitrogens with two attached hydrogens (primary N) is 1. The van der Waals surface area contributed by atoms with Crippen LogP contribution in [0.3, 0.4) is 0 Å². The first-order valence-electron chi connectivity index (χ1n) is 4.24. The van der Waals surface area contributed by atoms with Crippen molar-refractivity contribution in [2.75, 3.05) is 11.6 Å². The number of nitrogen functional groups attached to an aromatic ring is 1. The topological polar surface area (TPSA) is 69.2 Å². The minimum absolute atomic E-state index is 0.118. The lowest BCUT2D eigenvalue weighted by molar-refractivity contribution is -0.383. The van der Waals surface area contributed by atoms with Crippen LogP contribution in [0.15, 0.2) is 18.2 Å². The summed E-state index contributed by atoms with van der Waals surface area (Å²) in [6.07, 6.45) is 0.555. The predicted molar refractivity (Wildman–Crippen MR) is 59.7 cm³/mol. The molecule has 0 aliphatic heterocycles. The Morgan fingerprint density at radius 3 is 2.87 bits per heavy atom. The third-order valence-electron chi connectivity index (χ3n) is 1.68. The first-order valence-corrected chi connectivity index (χ1v) is 4.77. The van der Waals surface area contributed by atoms with Crippen molar-refractivity contribution in [3.05, 3.63) is 33.9 Å². The van der Waals surface area contributed by atoms with Gasteiger partial charge in [0.2, 0.25) is 0 Å². The molecule has 1 aromatic rings. The number of rotatable bonds is 2. The van der Waals surface area contributed by atoms with Crippen molar-refractivity contribution >= 4 is 23.0 Å². The highest BCUT2D eigenvalue weighted by Crippen LogP contribution is 2.21. The number of nitro groups is 1. The van der Waals surface area contributed by atoms with Crippen molar-refractivity contribution in [1.82, 2.24) is 0 Å². The zero-order valence-electron chi connectivity index (χ0n) is 7.87. The molecule has 0 amide bonds. The number of benzene rings is 1. The molecule has 0 fully saturated rings. The van der Waals surface area contributed by atoms with Crippen molar-refractivity contribution in [1.29, 1.82) is 0 Å². The molecule has 0 heterocycles. The van der Waals surface area contributed by atoms with Crippen LogP contribution in [0.25, 0.3) is 0 Å². The maximum atomic E-state index is 10.6. The van der Waals surface area contributed by atoms with E-state index in [0.29, 0.717) is 17.9 Å². The molecule has 0 unspecified atom stereocenters. The summed E-state index contributed by atoms with van der Waals surface area (Å²) in [5.74, 6) is 6.01. The maximum Gasteiger partial charge on any atom is 0.293 e. The summed E-state index contributed by atoms with van der Waals surface area (Å²) in [7, 11) is 0. The minimum Gasteiger partial charge on any atom is -0.393 e. The molecule has 0 atom stereocenters. The molecule has 78 valence electrons. The van der Waals surface area contributed by atoms with Gasteiger partial charge in [0, 0.05) is 23.9 Å². The molecule has 0 aliphatic carbocycles. The molecule has 0 bridgehead atoms. The van der Waals surface area contributed by atoms with E-state index in [0.717, 1.165) is 0 Å². The highest BCUT2D eigenvalue weighted by molar-refractivity contribution is 6.18. The largest absolute Gasteiger partial charge is 0.393 e. The normalized spacial score (nSPS) is 9.13. The number of nitrogens with zero attached hydrogens (tertiary/aromatic N) is 1. The van der Waals surface area contributed by atoms with Crippen molar-refractivity contribution in [2.24, 2.45) is 0 Å². The number of hydrogen-bond donors (Lipinski definition) is 1. The van der Waals surface area contributed by atoms with Crippen LogP contribution in [0.2, 0.25) is 0 Å². The summed E-state index contributed by atoms with van der Waals surface area (Å²) in [5, 5.41) is 10.6. The lowest BCUT2D eigenvalue weighted by Crippen LogP contribution is -1.95. The summed E-state index contributed by atoms with van der Waals surface area (Å²) < 4.78 is 0. The molecular weight excluding hydrogens is 216 g/mol. The Labute approximate surface area is 92.2 Å². The molecule has 2 N–H and O–H groups in total. The van der Waals surface area contributed by atoms with Crippen molar-refractivity contribution in [2.45, 2.75) is 6.42 Å². The summed E-state index contributed by atoms with van der Waals surface area (Å²) in [6.45, 7) is 0. The van der Waals surface area contributed by atoms with Crippen LogP contribution in [-0.2, 0) is 0 Å². The Balaban J connectivity index is 2.99. The van der Waals surface area contributed by atoms with Crippen LogP contribution in [0.1, 0.15) is 12.0 Å². The van der Waals surface area contributed by atoms with Gasteiger partial charge >= 0.3 is 0 Å². The smallest absolute Gasteiger partial charge is 0.293 e. The Morgan fingerprint density at radius 2 is 2.27 bits per heavy atom. The second-order valence-corrected chi connectivity index (χ2v) is 3.15. The van der Waals surface area contributed by atoms with Crippen LogP contribution >= 0.6 is 11.6 Å². The van der Waals surface area contributed by atoms with Crippen LogP contribution in [0, 0.1) is 22.0 Å². The molecule has 0 saturated carbocycles. The predicted octanol–water partition coefficient (Wildman–Crippen LogP) is 2.16. The van der Waals surface area contributed by atoms with Crippen molar-refractivity contribution < 1.29 is 4.92 Å². The van der Waals surface area contributed by atoms with E-state index in [4.69, 9.17) is 17.3 Å². The van der Waals surface area contributed by atoms with Gasteiger partial charge in [0.05, 0.1) is 4.92 Å². The SMILES string of the molecule is Nc1ccc(C#CCCCl)cc1[N+](=O)[O-]. The molecule has 0 radical (unpaired) electrons. The van der Waals surface area contributed by atoms with Crippen molar-refractivity contribution in [3.63, 3.8) is 0 Å². The standard InChI is InChI=1S/C10H9ClN2O2/c11-6-2-1-3-8-4-5-9(12)10(7-8)13(14)15/h4-5,7H,2,6,12H2. The Hall–Kier alpha value is -1.73. The van der Waals surface area contributed by atoms with E-state index in [1.165, 1.54) is 12.1 Å². The van der Waals surface area contributed by atoms with E-state index in [2.05, 4.69) is 11.8 Å². The molecular formula is C10H9ClN2O2. The zero-order valence-corrected chi connectivity index (χ0v) is 8.62. The molecule has 1 aromatic carbocycles. The summed E-state index contributed by atoms with van der Waals surface area (Å²) in [6, 6.07) is 4.48.